The van der Waals surface area contributed by atoms with Crippen LogP contribution in [0.2, 0.25) is 0 Å². The fourth-order valence-electron chi connectivity index (χ4n) is 3.88. The highest BCUT2D eigenvalue weighted by atomic mass is 17.1. The fourth-order valence-corrected chi connectivity index (χ4v) is 3.88. The van der Waals surface area contributed by atoms with Crippen LogP contribution in [0.5, 0.6) is 0 Å². The molecule has 0 saturated carbocycles. The van der Waals surface area contributed by atoms with E-state index in [0.717, 1.165) is 16.7 Å². The van der Waals surface area contributed by atoms with E-state index >= 15 is 0 Å². The normalized spacial score (nSPS) is 22.6. The second-order valence-electron chi connectivity index (χ2n) is 8.17. The van der Waals surface area contributed by atoms with Crippen molar-refractivity contribution in [2.24, 2.45) is 0 Å². The second kappa shape index (κ2) is 12.6. The number of ether oxygens (including phenoxy) is 4. The third-order valence-corrected chi connectivity index (χ3v) is 5.68. The largest absolute Gasteiger partial charge is 0.374 e. The van der Waals surface area contributed by atoms with Crippen LogP contribution in [-0.2, 0) is 43.7 Å². The molecule has 1 fully saturated rings. The van der Waals surface area contributed by atoms with Gasteiger partial charge in [-0.25, -0.2) is 10.1 Å². The Bertz CT molecular complexity index is 995. The van der Waals surface area contributed by atoms with Gasteiger partial charge in [-0.2, -0.15) is 0 Å². The minimum atomic E-state index is -1.04. The molecule has 34 heavy (non-hydrogen) atoms. The molecular weight excluding hydrogens is 432 g/mol. The van der Waals surface area contributed by atoms with Crippen LogP contribution in [-0.4, -0.2) is 36.5 Å². The van der Waals surface area contributed by atoms with Gasteiger partial charge in [-0.15, -0.1) is 0 Å². The smallest absolute Gasteiger partial charge is 0.215 e. The van der Waals surface area contributed by atoms with Crippen LogP contribution >= 0.6 is 0 Å². The Morgan fingerprint density at radius 3 is 1.74 bits per heavy atom. The van der Waals surface area contributed by atoms with Gasteiger partial charge in [0.15, 0.2) is 0 Å². The van der Waals surface area contributed by atoms with Crippen molar-refractivity contribution in [1.82, 2.24) is 0 Å². The zero-order valence-electron chi connectivity index (χ0n) is 19.0. The summed E-state index contributed by atoms with van der Waals surface area (Å²) < 4.78 is 24.5. The van der Waals surface area contributed by atoms with Crippen molar-refractivity contribution < 1.29 is 29.1 Å². The van der Waals surface area contributed by atoms with Gasteiger partial charge in [0.1, 0.15) is 18.3 Å². The highest BCUT2D eigenvalue weighted by molar-refractivity contribution is 5.18. The van der Waals surface area contributed by atoms with Crippen molar-refractivity contribution in [2.45, 2.75) is 44.4 Å². The Morgan fingerprint density at radius 2 is 1.21 bits per heavy atom. The molecule has 178 valence electrons. The Hall–Kier alpha value is -2.84. The SMILES string of the molecule is C=C1[C@@H](OO)O[C@H](COCc2ccccc2)[C@H](OCc2ccccc2)[C@@H]1OCc1ccccc1. The average molecular weight is 463 g/mol. The van der Waals surface area contributed by atoms with Gasteiger partial charge in [-0.05, 0) is 16.7 Å². The van der Waals surface area contributed by atoms with Gasteiger partial charge in [-0.3, -0.25) is 0 Å². The van der Waals surface area contributed by atoms with Crippen molar-refractivity contribution >= 4 is 0 Å². The maximum atomic E-state index is 9.46. The minimum absolute atomic E-state index is 0.229. The number of hydrogen-bond donors (Lipinski definition) is 1. The topological polar surface area (TPSA) is 66.4 Å². The van der Waals surface area contributed by atoms with E-state index < -0.39 is 24.6 Å². The van der Waals surface area contributed by atoms with Gasteiger partial charge in [-0.1, -0.05) is 97.6 Å². The summed E-state index contributed by atoms with van der Waals surface area (Å²) in [4.78, 5) is 4.58. The first-order valence-corrected chi connectivity index (χ1v) is 11.3. The predicted octanol–water partition coefficient (Wildman–Crippen LogP) is 5.14. The number of rotatable bonds is 11. The van der Waals surface area contributed by atoms with Gasteiger partial charge in [0.05, 0.1) is 26.4 Å². The van der Waals surface area contributed by atoms with Crippen LogP contribution < -0.4 is 0 Å². The van der Waals surface area contributed by atoms with Gasteiger partial charge in [0.2, 0.25) is 6.29 Å². The van der Waals surface area contributed by atoms with Crippen molar-refractivity contribution in [3.8, 4) is 0 Å². The van der Waals surface area contributed by atoms with E-state index in [-0.39, 0.29) is 6.61 Å². The Kier molecular flexibility index (Phi) is 8.98. The summed E-state index contributed by atoms with van der Waals surface area (Å²) in [5, 5.41) is 9.46. The quantitative estimate of drug-likeness (QED) is 0.242. The Morgan fingerprint density at radius 1 is 0.706 bits per heavy atom. The first-order chi connectivity index (χ1) is 16.7. The molecule has 6 heteroatoms. The molecule has 1 saturated heterocycles. The Labute approximate surface area is 200 Å². The van der Waals surface area contributed by atoms with Crippen molar-refractivity contribution in [2.75, 3.05) is 6.61 Å². The van der Waals surface area contributed by atoms with E-state index in [9.17, 15) is 5.26 Å². The molecule has 0 unspecified atom stereocenters. The summed E-state index contributed by atoms with van der Waals surface area (Å²) in [6, 6.07) is 29.6. The first-order valence-electron chi connectivity index (χ1n) is 11.3. The van der Waals surface area contributed by atoms with Crippen LogP contribution in [0.1, 0.15) is 16.7 Å². The molecule has 0 aromatic heterocycles. The molecule has 4 atom stereocenters. The molecule has 0 radical (unpaired) electrons. The maximum Gasteiger partial charge on any atom is 0.215 e. The van der Waals surface area contributed by atoms with E-state index in [1.165, 1.54) is 0 Å². The van der Waals surface area contributed by atoms with E-state index in [2.05, 4.69) is 11.5 Å². The highest BCUT2D eigenvalue weighted by Crippen LogP contribution is 2.31. The zero-order valence-corrected chi connectivity index (χ0v) is 19.0. The fraction of sp³-hybridized carbons (Fsp3) is 0.286. The van der Waals surface area contributed by atoms with E-state index in [1.807, 2.05) is 91.0 Å². The molecule has 1 heterocycles. The molecule has 0 bridgehead atoms. The molecule has 1 aliphatic heterocycles. The van der Waals surface area contributed by atoms with E-state index in [1.54, 1.807) is 0 Å². The van der Waals surface area contributed by atoms with Gasteiger partial charge in [0, 0.05) is 5.57 Å². The first kappa shape index (κ1) is 24.3. The molecule has 6 nitrogen and oxygen atoms in total. The van der Waals surface area contributed by atoms with E-state index in [4.69, 9.17) is 18.9 Å². The van der Waals surface area contributed by atoms with Crippen LogP contribution in [0.25, 0.3) is 0 Å². The summed E-state index contributed by atoms with van der Waals surface area (Å²) >= 11 is 0. The lowest BCUT2D eigenvalue weighted by molar-refractivity contribution is -0.365. The standard InChI is InChI=1S/C28H30O6/c1-21-26(31-18-23-13-7-3-8-14-23)27(32-19-24-15-9-4-10-16-24)25(33-28(21)34-29)20-30-17-22-11-5-2-6-12-22/h2-16,25-29H,1,17-20H2/t25-,26-,27+,28-/m1/s1. The molecule has 1 aliphatic rings. The Balaban J connectivity index is 1.49. The lowest BCUT2D eigenvalue weighted by Gasteiger charge is -2.41. The lowest BCUT2D eigenvalue weighted by Crippen LogP contribution is -2.54. The van der Waals surface area contributed by atoms with Crippen LogP contribution in [0.4, 0.5) is 0 Å². The van der Waals surface area contributed by atoms with Crippen LogP contribution in [0, 0.1) is 0 Å². The molecule has 0 aliphatic carbocycles. The molecule has 4 rings (SSSR count). The third kappa shape index (κ3) is 6.61. The third-order valence-electron chi connectivity index (χ3n) is 5.68. The molecule has 3 aromatic rings. The maximum absolute atomic E-state index is 9.46. The van der Waals surface area contributed by atoms with Crippen LogP contribution in [0.15, 0.2) is 103 Å². The summed E-state index contributed by atoms with van der Waals surface area (Å²) in [5.74, 6) is 0. The predicted molar refractivity (Wildman–Crippen MR) is 128 cm³/mol. The van der Waals surface area contributed by atoms with Crippen molar-refractivity contribution in [1.29, 1.82) is 0 Å². The van der Waals surface area contributed by atoms with Crippen molar-refractivity contribution in [3.05, 3.63) is 120 Å². The molecule has 0 spiro atoms. The second-order valence-corrected chi connectivity index (χ2v) is 8.17. The molecule has 0 amide bonds. The van der Waals surface area contributed by atoms with Crippen molar-refractivity contribution in [3.63, 3.8) is 0 Å². The summed E-state index contributed by atoms with van der Waals surface area (Å²) in [5.41, 5.74) is 3.55. The lowest BCUT2D eigenvalue weighted by atomic mass is 9.97. The monoisotopic (exact) mass is 462 g/mol. The van der Waals surface area contributed by atoms with E-state index in [0.29, 0.717) is 25.4 Å². The molecule has 3 aromatic carbocycles. The minimum Gasteiger partial charge on any atom is -0.374 e. The molecular formula is C28H30O6. The number of benzene rings is 3. The zero-order chi connectivity index (χ0) is 23.6. The number of hydrogen-bond acceptors (Lipinski definition) is 6. The van der Waals surface area contributed by atoms with Gasteiger partial charge < -0.3 is 18.9 Å². The summed E-state index contributed by atoms with van der Waals surface area (Å²) in [6.07, 6.45) is -2.67. The summed E-state index contributed by atoms with van der Waals surface area (Å²) in [7, 11) is 0. The van der Waals surface area contributed by atoms with Gasteiger partial charge >= 0.3 is 0 Å². The molecule has 1 N–H and O–H groups in total. The van der Waals surface area contributed by atoms with Crippen LogP contribution in [0.3, 0.4) is 0 Å². The average Bonchev–Trinajstić information content (AvgIpc) is 2.89. The summed E-state index contributed by atoms with van der Waals surface area (Å²) in [6.45, 7) is 5.45. The highest BCUT2D eigenvalue weighted by Gasteiger charge is 2.44. The van der Waals surface area contributed by atoms with Gasteiger partial charge in [0.25, 0.3) is 0 Å².